The molecule has 2 rings (SSSR count). The summed E-state index contributed by atoms with van der Waals surface area (Å²) in [5.41, 5.74) is 0. The number of aliphatic carboxylic acids is 1. The fourth-order valence-corrected chi connectivity index (χ4v) is 1.32. The Morgan fingerprint density at radius 3 is 2.33 bits per heavy atom. The second-order valence-corrected chi connectivity index (χ2v) is 3.88. The van der Waals surface area contributed by atoms with Crippen molar-refractivity contribution < 1.29 is 23.8 Å². The van der Waals surface area contributed by atoms with Gasteiger partial charge in [0.1, 0.15) is 0 Å². The maximum absolute atomic E-state index is 12.9. The number of hydrogen-bond donors (Lipinski definition) is 3. The highest BCUT2D eigenvalue weighted by molar-refractivity contribution is 5.91. The minimum atomic E-state index is -1.30. The highest BCUT2D eigenvalue weighted by Crippen LogP contribution is 2.11. The summed E-state index contributed by atoms with van der Waals surface area (Å²) in [4.78, 5) is 24.4. The van der Waals surface area contributed by atoms with Crippen LogP contribution in [0.2, 0.25) is 0 Å². The molecule has 1 aliphatic rings. The molecule has 8 heteroatoms. The van der Waals surface area contributed by atoms with E-state index in [9.17, 15) is 14.0 Å². The van der Waals surface area contributed by atoms with Gasteiger partial charge < -0.3 is 20.5 Å². The molecule has 2 heterocycles. The molecule has 1 aromatic heterocycles. The number of carboxylic acid groups (broad SMARTS) is 1. The number of piperazine rings is 1. The molecule has 0 saturated carbocycles. The van der Waals surface area contributed by atoms with Gasteiger partial charge in [-0.1, -0.05) is 0 Å². The molecule has 0 unspecified atom stereocenters. The van der Waals surface area contributed by atoms with Crippen LogP contribution < -0.4 is 15.4 Å². The number of halogens is 1. The lowest BCUT2D eigenvalue weighted by atomic mass is 10.4. The Bertz CT molecular complexity index is 492. The summed E-state index contributed by atoms with van der Waals surface area (Å²) >= 11 is 0. The van der Waals surface area contributed by atoms with Crippen molar-refractivity contribution >= 4 is 11.9 Å². The molecular weight excluding hydrogens is 281 g/mol. The van der Waals surface area contributed by atoms with E-state index >= 15 is 0 Å². The zero-order valence-corrected chi connectivity index (χ0v) is 11.2. The van der Waals surface area contributed by atoms with Crippen LogP contribution in [0.5, 0.6) is 5.88 Å². The van der Waals surface area contributed by atoms with Crippen LogP contribution in [0.4, 0.5) is 4.39 Å². The molecule has 1 saturated heterocycles. The van der Waals surface area contributed by atoms with Crippen molar-refractivity contribution in [3.05, 3.63) is 36.3 Å². The first kappa shape index (κ1) is 16.7. The van der Waals surface area contributed by atoms with Gasteiger partial charge in [0.15, 0.2) is 5.82 Å². The van der Waals surface area contributed by atoms with E-state index in [1.54, 1.807) is 0 Å². The monoisotopic (exact) mass is 297 g/mol. The van der Waals surface area contributed by atoms with Crippen molar-refractivity contribution in [2.45, 2.75) is 0 Å². The summed E-state index contributed by atoms with van der Waals surface area (Å²) in [6, 6.07) is 2.40. The first-order valence-electron chi connectivity index (χ1n) is 6.24. The van der Waals surface area contributed by atoms with Crippen molar-refractivity contribution in [2.24, 2.45) is 0 Å². The van der Waals surface area contributed by atoms with Crippen molar-refractivity contribution in [1.29, 1.82) is 0 Å². The molecule has 0 aliphatic carbocycles. The van der Waals surface area contributed by atoms with Gasteiger partial charge >= 0.3 is 11.9 Å². The summed E-state index contributed by atoms with van der Waals surface area (Å²) in [7, 11) is 0. The van der Waals surface area contributed by atoms with Gasteiger partial charge in [0, 0.05) is 44.5 Å². The summed E-state index contributed by atoms with van der Waals surface area (Å²) in [6.07, 6.45) is 2.49. The van der Waals surface area contributed by atoms with E-state index in [0.717, 1.165) is 32.2 Å². The maximum Gasteiger partial charge on any atom is 0.337 e. The number of carbonyl (C=O) groups is 2. The van der Waals surface area contributed by atoms with E-state index in [0.29, 0.717) is 12.2 Å². The Morgan fingerprint density at radius 2 is 1.86 bits per heavy atom. The van der Waals surface area contributed by atoms with Crippen LogP contribution in [-0.4, -0.2) is 48.2 Å². The third-order valence-electron chi connectivity index (χ3n) is 2.24. The molecule has 0 aromatic carbocycles. The van der Waals surface area contributed by atoms with Gasteiger partial charge in [-0.2, -0.15) is 0 Å². The number of carbonyl (C=O) groups excluding carboxylic acids is 1. The van der Waals surface area contributed by atoms with E-state index in [-0.39, 0.29) is 0 Å². The fraction of sp³-hybridized carbons (Fsp3) is 0.308. The van der Waals surface area contributed by atoms with Gasteiger partial charge in [-0.3, -0.25) is 0 Å². The van der Waals surface area contributed by atoms with Crippen LogP contribution in [0.25, 0.3) is 0 Å². The standard InChI is InChI=1S/C9H6FNO4.C4H10N2/c10-6-2-1-5-11-9(6)15-8(14)4-3-7(12)13;1-2-6-4-3-5-1/h1-5H,(H,12,13);5-6H,1-4H2/b4-3-;. The lowest BCUT2D eigenvalue weighted by molar-refractivity contribution is -0.133. The number of carboxylic acids is 1. The van der Waals surface area contributed by atoms with Crippen LogP contribution in [-0.2, 0) is 9.59 Å². The molecule has 1 fully saturated rings. The van der Waals surface area contributed by atoms with Gasteiger partial charge in [-0.15, -0.1) is 0 Å². The lowest BCUT2D eigenvalue weighted by Crippen LogP contribution is -2.39. The summed E-state index contributed by atoms with van der Waals surface area (Å²) < 4.78 is 17.3. The Balaban J connectivity index is 0.000000304. The molecule has 114 valence electrons. The molecule has 1 aliphatic heterocycles. The highest BCUT2D eigenvalue weighted by Gasteiger charge is 2.07. The molecule has 3 N–H and O–H groups in total. The Hall–Kier alpha value is -2.32. The molecule has 0 bridgehead atoms. The smallest absolute Gasteiger partial charge is 0.337 e. The second-order valence-electron chi connectivity index (χ2n) is 3.88. The predicted octanol–water partition coefficient (Wildman–Crippen LogP) is -0.0539. The minimum Gasteiger partial charge on any atom is -0.478 e. The number of esters is 1. The summed E-state index contributed by atoms with van der Waals surface area (Å²) in [5, 5.41) is 14.6. The predicted molar refractivity (Wildman–Crippen MR) is 72.3 cm³/mol. The lowest BCUT2D eigenvalue weighted by Gasteiger charge is -2.11. The molecule has 7 nitrogen and oxygen atoms in total. The number of pyridine rings is 1. The average Bonchev–Trinajstić information content (AvgIpc) is 2.50. The van der Waals surface area contributed by atoms with E-state index in [1.165, 1.54) is 12.3 Å². The minimum absolute atomic E-state index is 0.488. The fourth-order valence-electron chi connectivity index (χ4n) is 1.32. The van der Waals surface area contributed by atoms with Crippen LogP contribution in [0.3, 0.4) is 0 Å². The van der Waals surface area contributed by atoms with Crippen LogP contribution in [0, 0.1) is 5.82 Å². The van der Waals surface area contributed by atoms with E-state index in [2.05, 4.69) is 20.4 Å². The van der Waals surface area contributed by atoms with Gasteiger partial charge in [-0.25, -0.2) is 19.0 Å². The largest absolute Gasteiger partial charge is 0.478 e. The molecule has 1 aromatic rings. The number of hydrogen-bond acceptors (Lipinski definition) is 6. The van der Waals surface area contributed by atoms with Gasteiger partial charge in [0.05, 0.1) is 0 Å². The Labute approximate surface area is 120 Å². The quantitative estimate of drug-likeness (QED) is 0.531. The molecule has 0 atom stereocenters. The first-order valence-corrected chi connectivity index (χ1v) is 6.24. The average molecular weight is 297 g/mol. The topological polar surface area (TPSA) is 101 Å². The van der Waals surface area contributed by atoms with E-state index in [4.69, 9.17) is 5.11 Å². The molecule has 21 heavy (non-hydrogen) atoms. The third kappa shape index (κ3) is 7.75. The Kier molecular flexibility index (Phi) is 7.62. The van der Waals surface area contributed by atoms with Crippen molar-refractivity contribution in [2.75, 3.05) is 26.2 Å². The van der Waals surface area contributed by atoms with Crippen molar-refractivity contribution in [3.8, 4) is 5.88 Å². The van der Waals surface area contributed by atoms with Crippen LogP contribution in [0.1, 0.15) is 0 Å². The molecule has 0 amide bonds. The van der Waals surface area contributed by atoms with E-state index in [1.807, 2.05) is 0 Å². The summed E-state index contributed by atoms with van der Waals surface area (Å²) in [6.45, 7) is 4.56. The van der Waals surface area contributed by atoms with Crippen molar-refractivity contribution in [1.82, 2.24) is 15.6 Å². The normalized spacial score (nSPS) is 14.1. The van der Waals surface area contributed by atoms with Gasteiger partial charge in [0.2, 0.25) is 0 Å². The zero-order valence-electron chi connectivity index (χ0n) is 11.2. The number of ether oxygens (including phenoxy) is 1. The second kappa shape index (κ2) is 9.56. The Morgan fingerprint density at radius 1 is 1.24 bits per heavy atom. The van der Waals surface area contributed by atoms with E-state index < -0.39 is 23.6 Å². The van der Waals surface area contributed by atoms with Crippen molar-refractivity contribution in [3.63, 3.8) is 0 Å². The zero-order chi connectivity index (χ0) is 15.5. The number of nitrogens with zero attached hydrogens (tertiary/aromatic N) is 1. The molecule has 0 spiro atoms. The van der Waals surface area contributed by atoms with Crippen LogP contribution >= 0.6 is 0 Å². The first-order chi connectivity index (χ1) is 10.1. The molecule has 0 radical (unpaired) electrons. The van der Waals surface area contributed by atoms with Gasteiger partial charge in [-0.05, 0) is 12.1 Å². The van der Waals surface area contributed by atoms with Crippen LogP contribution in [0.15, 0.2) is 30.5 Å². The molecular formula is C13H16FN3O4. The SMILES string of the molecule is C1CNCCN1.O=C(O)/C=C\C(=O)Oc1ncccc1F. The third-order valence-corrected chi connectivity index (χ3v) is 2.24. The maximum atomic E-state index is 12.9. The number of rotatable bonds is 3. The van der Waals surface area contributed by atoms with Gasteiger partial charge in [0.25, 0.3) is 5.88 Å². The number of aromatic nitrogens is 1. The highest BCUT2D eigenvalue weighted by atomic mass is 19.1. The summed E-state index contributed by atoms with van der Waals surface area (Å²) in [5.74, 6) is -3.59. The number of nitrogens with one attached hydrogen (secondary N) is 2.